The molecule has 2 aromatic heterocycles. The Morgan fingerprint density at radius 3 is 2.50 bits per heavy atom. The van der Waals surface area contributed by atoms with Gasteiger partial charge in [0, 0.05) is 26.2 Å². The minimum absolute atomic E-state index is 0.168. The van der Waals surface area contributed by atoms with Crippen molar-refractivity contribution < 1.29 is 4.79 Å². The monoisotopic (exact) mass is 481 g/mol. The Morgan fingerprint density at radius 2 is 1.82 bits per heavy atom. The van der Waals surface area contributed by atoms with Crippen LogP contribution in [0.4, 0.5) is 11.6 Å². The van der Waals surface area contributed by atoms with Gasteiger partial charge in [-0.15, -0.1) is 10.2 Å². The van der Waals surface area contributed by atoms with Crippen molar-refractivity contribution in [3.63, 3.8) is 0 Å². The number of hydrogen-bond acceptors (Lipinski definition) is 6. The van der Waals surface area contributed by atoms with Gasteiger partial charge in [-0.1, -0.05) is 36.9 Å². The summed E-state index contributed by atoms with van der Waals surface area (Å²) in [4.78, 5) is 28.2. The number of rotatable bonds is 7. The van der Waals surface area contributed by atoms with Crippen molar-refractivity contribution in [2.24, 2.45) is 13.0 Å². The summed E-state index contributed by atoms with van der Waals surface area (Å²) in [6, 6.07) is 9.83. The zero-order chi connectivity index (χ0) is 23.8. The maximum Gasteiger partial charge on any atom is 0.295 e. The Labute approximate surface area is 203 Å². The van der Waals surface area contributed by atoms with Crippen LogP contribution in [0.3, 0.4) is 0 Å². The van der Waals surface area contributed by atoms with Crippen LogP contribution < -0.4 is 15.8 Å². The molecule has 9 nitrogen and oxygen atoms in total. The zero-order valence-corrected chi connectivity index (χ0v) is 20.7. The van der Waals surface area contributed by atoms with Crippen LogP contribution in [0.25, 0.3) is 5.69 Å². The van der Waals surface area contributed by atoms with E-state index in [1.165, 1.54) is 24.6 Å². The van der Waals surface area contributed by atoms with E-state index in [0.717, 1.165) is 48.6 Å². The molecule has 3 aromatic rings. The lowest BCUT2D eigenvalue weighted by Crippen LogP contribution is -2.34. The number of nitrogens with one attached hydrogen (secondary N) is 1. The first-order valence-corrected chi connectivity index (χ1v) is 12.9. The molecule has 3 heterocycles. The number of carbonyl (C=O) groups excluding carboxylic acids is 1. The first-order chi connectivity index (χ1) is 16.4. The molecule has 1 aliphatic heterocycles. The quantitative estimate of drug-likeness (QED) is 0.521. The third-order valence-electron chi connectivity index (χ3n) is 6.78. The van der Waals surface area contributed by atoms with Gasteiger partial charge in [0.25, 0.3) is 5.56 Å². The Balaban J connectivity index is 1.29. The molecule has 1 saturated carbocycles. The lowest BCUT2D eigenvalue weighted by Gasteiger charge is -2.31. The van der Waals surface area contributed by atoms with Crippen LogP contribution in [0.2, 0.25) is 0 Å². The molecule has 0 bridgehead atoms. The van der Waals surface area contributed by atoms with Crippen molar-refractivity contribution in [3.05, 3.63) is 46.4 Å². The summed E-state index contributed by atoms with van der Waals surface area (Å²) >= 11 is 1.38. The number of carbonyl (C=O) groups is 1. The standard InChI is InChI=1S/C24H31N7O2S/c1-16-11-13-29(14-12-16)23-26-27-24(30(23)18-9-10-18)34-15-20(32)25-21-17(2)28(3)31(22(21)33)19-7-5-4-6-8-19/h4-8,16,18H,9-15H2,1-3H3,(H,25,32). The SMILES string of the molecule is Cc1c(NC(=O)CSc2nnc(N3CCC(C)CC3)n2C2CC2)c(=O)n(-c2ccccc2)n1C. The molecule has 1 aliphatic carbocycles. The maximum atomic E-state index is 13.1. The average Bonchev–Trinajstić information content (AvgIpc) is 3.56. The number of piperidine rings is 1. The van der Waals surface area contributed by atoms with Gasteiger partial charge < -0.3 is 10.2 Å². The number of thioether (sulfide) groups is 1. The predicted octanol–water partition coefficient (Wildman–Crippen LogP) is 3.38. The minimum atomic E-state index is -0.243. The van der Waals surface area contributed by atoms with Crippen molar-refractivity contribution in [1.82, 2.24) is 24.1 Å². The van der Waals surface area contributed by atoms with Crippen LogP contribution in [0.5, 0.6) is 0 Å². The summed E-state index contributed by atoms with van der Waals surface area (Å²) in [7, 11) is 1.81. The summed E-state index contributed by atoms with van der Waals surface area (Å²) in [5.41, 5.74) is 1.52. The molecule has 2 aliphatic rings. The van der Waals surface area contributed by atoms with E-state index in [-0.39, 0.29) is 17.2 Å². The fourth-order valence-corrected chi connectivity index (χ4v) is 5.26. The smallest absolute Gasteiger partial charge is 0.295 e. The van der Waals surface area contributed by atoms with Crippen molar-refractivity contribution in [2.45, 2.75) is 50.7 Å². The molecule has 10 heteroatoms. The molecular weight excluding hydrogens is 450 g/mol. The molecule has 0 unspecified atom stereocenters. The molecule has 0 radical (unpaired) electrons. The second kappa shape index (κ2) is 9.32. The van der Waals surface area contributed by atoms with Crippen LogP contribution in [0.15, 0.2) is 40.3 Å². The highest BCUT2D eigenvalue weighted by molar-refractivity contribution is 7.99. The number of hydrogen-bond donors (Lipinski definition) is 1. The molecule has 5 rings (SSSR count). The van der Waals surface area contributed by atoms with E-state index in [0.29, 0.717) is 17.4 Å². The van der Waals surface area contributed by atoms with Gasteiger partial charge in [0.05, 0.1) is 17.1 Å². The van der Waals surface area contributed by atoms with Crippen molar-refractivity contribution in [1.29, 1.82) is 0 Å². The normalized spacial score (nSPS) is 16.7. The molecule has 0 spiro atoms. The number of benzene rings is 1. The summed E-state index contributed by atoms with van der Waals surface area (Å²) < 4.78 is 5.54. The number of nitrogens with zero attached hydrogens (tertiary/aromatic N) is 6. The molecule has 2 fully saturated rings. The molecular formula is C24H31N7O2S. The number of para-hydroxylation sites is 1. The summed E-state index contributed by atoms with van der Waals surface area (Å²) in [5, 5.41) is 12.5. The highest BCUT2D eigenvalue weighted by Crippen LogP contribution is 2.41. The van der Waals surface area contributed by atoms with E-state index < -0.39 is 0 Å². The van der Waals surface area contributed by atoms with Crippen molar-refractivity contribution in [3.8, 4) is 5.69 Å². The van der Waals surface area contributed by atoms with Crippen LogP contribution in [0.1, 0.15) is 44.3 Å². The number of anilines is 2. The topological polar surface area (TPSA) is 90.0 Å². The van der Waals surface area contributed by atoms with Crippen LogP contribution in [-0.2, 0) is 11.8 Å². The lowest BCUT2D eigenvalue weighted by molar-refractivity contribution is -0.113. The molecule has 1 saturated heterocycles. The first-order valence-electron chi connectivity index (χ1n) is 11.9. The Hall–Kier alpha value is -3.01. The fraction of sp³-hybridized carbons (Fsp3) is 0.500. The van der Waals surface area contributed by atoms with E-state index in [1.54, 1.807) is 9.36 Å². The van der Waals surface area contributed by atoms with Crippen molar-refractivity contribution >= 4 is 29.3 Å². The van der Waals surface area contributed by atoms with E-state index >= 15 is 0 Å². The summed E-state index contributed by atoms with van der Waals surface area (Å²) in [5.74, 6) is 1.62. The van der Waals surface area contributed by atoms with E-state index in [4.69, 9.17) is 0 Å². The molecule has 180 valence electrons. The van der Waals surface area contributed by atoms with E-state index in [1.807, 2.05) is 44.3 Å². The Bertz CT molecular complexity index is 1230. The summed E-state index contributed by atoms with van der Waals surface area (Å²) in [6.45, 7) is 6.13. The molecule has 1 aromatic carbocycles. The highest BCUT2D eigenvalue weighted by atomic mass is 32.2. The van der Waals surface area contributed by atoms with Gasteiger partial charge >= 0.3 is 0 Å². The zero-order valence-electron chi connectivity index (χ0n) is 19.9. The Morgan fingerprint density at radius 1 is 1.12 bits per heavy atom. The third kappa shape index (κ3) is 4.38. The first kappa shape index (κ1) is 22.8. The highest BCUT2D eigenvalue weighted by Gasteiger charge is 2.32. The van der Waals surface area contributed by atoms with Gasteiger partial charge in [-0.25, -0.2) is 4.68 Å². The van der Waals surface area contributed by atoms with Gasteiger partial charge in [-0.2, -0.15) is 0 Å². The van der Waals surface area contributed by atoms with Crippen molar-refractivity contribution in [2.75, 3.05) is 29.1 Å². The second-order valence-electron chi connectivity index (χ2n) is 9.33. The number of aromatic nitrogens is 5. The van der Waals surface area contributed by atoms with Crippen LogP contribution in [-0.4, -0.2) is 48.9 Å². The molecule has 1 amide bonds. The molecule has 1 N–H and O–H groups in total. The Kier molecular flexibility index (Phi) is 6.24. The average molecular weight is 482 g/mol. The van der Waals surface area contributed by atoms with Gasteiger partial charge in [0.15, 0.2) is 5.16 Å². The second-order valence-corrected chi connectivity index (χ2v) is 10.3. The van der Waals surface area contributed by atoms with E-state index in [2.05, 4.69) is 31.9 Å². The van der Waals surface area contributed by atoms with Crippen LogP contribution in [0, 0.1) is 12.8 Å². The third-order valence-corrected chi connectivity index (χ3v) is 7.72. The van der Waals surface area contributed by atoms with Gasteiger partial charge in [-0.3, -0.25) is 18.8 Å². The van der Waals surface area contributed by atoms with Gasteiger partial charge in [0.2, 0.25) is 11.9 Å². The number of amides is 1. The van der Waals surface area contributed by atoms with Gasteiger partial charge in [-0.05, 0) is 50.7 Å². The molecule has 0 atom stereocenters. The van der Waals surface area contributed by atoms with Crippen LogP contribution >= 0.6 is 11.8 Å². The largest absolute Gasteiger partial charge is 0.341 e. The fourth-order valence-electron chi connectivity index (χ4n) is 4.46. The van der Waals surface area contributed by atoms with E-state index in [9.17, 15) is 9.59 Å². The summed E-state index contributed by atoms with van der Waals surface area (Å²) in [6.07, 6.45) is 4.58. The van der Waals surface area contributed by atoms with Gasteiger partial charge in [0.1, 0.15) is 5.69 Å². The predicted molar refractivity (Wildman–Crippen MR) is 134 cm³/mol. The molecule has 34 heavy (non-hydrogen) atoms. The maximum absolute atomic E-state index is 13.1. The lowest BCUT2D eigenvalue weighted by atomic mass is 10.00. The minimum Gasteiger partial charge on any atom is -0.341 e.